The van der Waals surface area contributed by atoms with Crippen molar-refractivity contribution in [2.45, 2.75) is 31.7 Å². The van der Waals surface area contributed by atoms with E-state index in [-0.39, 0.29) is 12.1 Å². The van der Waals surface area contributed by atoms with Crippen molar-refractivity contribution in [3.63, 3.8) is 0 Å². The highest BCUT2D eigenvalue weighted by Crippen LogP contribution is 2.34. The summed E-state index contributed by atoms with van der Waals surface area (Å²) in [5, 5.41) is 21.4. The molecule has 0 atom stereocenters. The number of aliphatic hydroxyl groups is 1. The predicted molar refractivity (Wildman–Crippen MR) is 61.0 cm³/mol. The summed E-state index contributed by atoms with van der Waals surface area (Å²) in [6.45, 7) is 1.98. The van der Waals surface area contributed by atoms with Crippen LogP contribution in [0.5, 0.6) is 0 Å². The van der Waals surface area contributed by atoms with Gasteiger partial charge in [0.1, 0.15) is 5.82 Å². The minimum Gasteiger partial charge on any atom is -0.394 e. The Morgan fingerprint density at radius 3 is 2.81 bits per heavy atom. The van der Waals surface area contributed by atoms with Crippen LogP contribution in [0.3, 0.4) is 0 Å². The Kier molecular flexibility index (Phi) is 2.80. The molecule has 0 saturated heterocycles. The Morgan fingerprint density at radius 2 is 2.31 bits per heavy atom. The zero-order chi connectivity index (χ0) is 11.6. The maximum absolute atomic E-state index is 9.34. The molecular formula is C12H15N3O. The van der Waals surface area contributed by atoms with Crippen molar-refractivity contribution in [2.24, 2.45) is 0 Å². The van der Waals surface area contributed by atoms with E-state index in [0.29, 0.717) is 11.4 Å². The Labute approximate surface area is 94.9 Å². The third-order valence-electron chi connectivity index (χ3n) is 3.09. The highest BCUT2D eigenvalue weighted by molar-refractivity contribution is 5.46. The maximum Gasteiger partial charge on any atom is 0.128 e. The van der Waals surface area contributed by atoms with Crippen molar-refractivity contribution in [3.8, 4) is 6.07 Å². The standard InChI is InChI=1S/C12H15N3O/c1-9-5-10(7-13)6-11(14-9)15-12(8-16)3-2-4-12/h5-6,16H,2-4,8H2,1H3,(H,14,15). The van der Waals surface area contributed by atoms with E-state index in [9.17, 15) is 5.11 Å². The summed E-state index contributed by atoms with van der Waals surface area (Å²) in [6, 6.07) is 5.58. The van der Waals surface area contributed by atoms with Crippen LogP contribution in [0.4, 0.5) is 5.82 Å². The number of aryl methyl sites for hydroxylation is 1. The molecule has 0 aliphatic heterocycles. The minimum absolute atomic E-state index is 0.116. The molecule has 0 aromatic carbocycles. The first-order valence-corrected chi connectivity index (χ1v) is 5.45. The van der Waals surface area contributed by atoms with Crippen LogP contribution in [0, 0.1) is 18.3 Å². The van der Waals surface area contributed by atoms with E-state index in [0.717, 1.165) is 25.0 Å². The van der Waals surface area contributed by atoms with Gasteiger partial charge in [0.05, 0.1) is 23.8 Å². The average Bonchev–Trinajstić information content (AvgIpc) is 2.22. The van der Waals surface area contributed by atoms with Gasteiger partial charge in [-0.1, -0.05) is 0 Å². The Balaban J connectivity index is 2.21. The number of aliphatic hydroxyl groups excluding tert-OH is 1. The Morgan fingerprint density at radius 1 is 1.56 bits per heavy atom. The number of hydrogen-bond donors (Lipinski definition) is 2. The molecule has 4 nitrogen and oxygen atoms in total. The molecule has 0 unspecified atom stereocenters. The van der Waals surface area contributed by atoms with E-state index in [1.54, 1.807) is 12.1 Å². The first-order chi connectivity index (χ1) is 7.67. The fraction of sp³-hybridized carbons (Fsp3) is 0.500. The monoisotopic (exact) mass is 217 g/mol. The molecule has 0 amide bonds. The van der Waals surface area contributed by atoms with Gasteiger partial charge in [-0.3, -0.25) is 0 Å². The van der Waals surface area contributed by atoms with E-state index < -0.39 is 0 Å². The third-order valence-corrected chi connectivity index (χ3v) is 3.09. The van der Waals surface area contributed by atoms with Crippen molar-refractivity contribution >= 4 is 5.82 Å². The Bertz CT molecular complexity index is 427. The molecular weight excluding hydrogens is 202 g/mol. The van der Waals surface area contributed by atoms with Crippen molar-refractivity contribution < 1.29 is 5.11 Å². The second kappa shape index (κ2) is 4.11. The van der Waals surface area contributed by atoms with Crippen molar-refractivity contribution in [2.75, 3.05) is 11.9 Å². The van der Waals surface area contributed by atoms with Crippen LogP contribution in [-0.4, -0.2) is 22.2 Å². The quantitative estimate of drug-likeness (QED) is 0.806. The van der Waals surface area contributed by atoms with Crippen LogP contribution >= 0.6 is 0 Å². The number of rotatable bonds is 3. The van der Waals surface area contributed by atoms with Crippen molar-refractivity contribution in [1.29, 1.82) is 5.26 Å². The number of aromatic nitrogens is 1. The average molecular weight is 217 g/mol. The number of hydrogen-bond acceptors (Lipinski definition) is 4. The molecule has 0 spiro atoms. The summed E-state index contributed by atoms with van der Waals surface area (Å²) >= 11 is 0. The van der Waals surface area contributed by atoms with Crippen LogP contribution in [-0.2, 0) is 0 Å². The number of nitrogens with one attached hydrogen (secondary N) is 1. The van der Waals surface area contributed by atoms with E-state index in [1.807, 2.05) is 6.92 Å². The fourth-order valence-electron chi connectivity index (χ4n) is 2.00. The van der Waals surface area contributed by atoms with Gasteiger partial charge in [-0.15, -0.1) is 0 Å². The van der Waals surface area contributed by atoms with Crippen LogP contribution in [0.1, 0.15) is 30.5 Å². The molecule has 4 heteroatoms. The van der Waals surface area contributed by atoms with Crippen LogP contribution < -0.4 is 5.32 Å². The van der Waals surface area contributed by atoms with Gasteiger partial charge >= 0.3 is 0 Å². The lowest BCUT2D eigenvalue weighted by Crippen LogP contribution is -2.48. The molecule has 16 heavy (non-hydrogen) atoms. The topological polar surface area (TPSA) is 68.9 Å². The molecule has 1 aromatic heterocycles. The molecule has 1 aliphatic carbocycles. The minimum atomic E-state index is -0.215. The number of pyridine rings is 1. The van der Waals surface area contributed by atoms with Gasteiger partial charge in [0.25, 0.3) is 0 Å². The third kappa shape index (κ3) is 2.00. The van der Waals surface area contributed by atoms with Crippen molar-refractivity contribution in [3.05, 3.63) is 23.4 Å². The van der Waals surface area contributed by atoms with E-state index in [1.165, 1.54) is 0 Å². The van der Waals surface area contributed by atoms with Gasteiger partial charge in [-0.05, 0) is 38.3 Å². The molecule has 1 fully saturated rings. The van der Waals surface area contributed by atoms with Gasteiger partial charge in [0, 0.05) is 5.69 Å². The SMILES string of the molecule is Cc1cc(C#N)cc(NC2(CO)CCC2)n1. The highest BCUT2D eigenvalue weighted by Gasteiger charge is 2.36. The van der Waals surface area contributed by atoms with Gasteiger partial charge in [-0.2, -0.15) is 5.26 Å². The molecule has 84 valence electrons. The van der Waals surface area contributed by atoms with Gasteiger partial charge in [0.15, 0.2) is 0 Å². The van der Waals surface area contributed by atoms with E-state index in [2.05, 4.69) is 16.4 Å². The lowest BCUT2D eigenvalue weighted by Gasteiger charge is -2.41. The summed E-state index contributed by atoms with van der Waals surface area (Å²) in [6.07, 6.45) is 3.05. The lowest BCUT2D eigenvalue weighted by molar-refractivity contribution is 0.144. The highest BCUT2D eigenvalue weighted by atomic mass is 16.3. The number of anilines is 1. The second-order valence-electron chi connectivity index (χ2n) is 4.41. The lowest BCUT2D eigenvalue weighted by atomic mass is 9.77. The molecule has 2 rings (SSSR count). The summed E-state index contributed by atoms with van der Waals surface area (Å²) < 4.78 is 0. The molecule has 2 N–H and O–H groups in total. The summed E-state index contributed by atoms with van der Waals surface area (Å²) in [5.74, 6) is 0.685. The normalized spacial score (nSPS) is 17.3. The summed E-state index contributed by atoms with van der Waals surface area (Å²) in [7, 11) is 0. The van der Waals surface area contributed by atoms with Crippen LogP contribution in [0.25, 0.3) is 0 Å². The number of nitriles is 1. The fourth-order valence-corrected chi connectivity index (χ4v) is 2.00. The van der Waals surface area contributed by atoms with E-state index in [4.69, 9.17) is 5.26 Å². The molecule has 1 heterocycles. The van der Waals surface area contributed by atoms with Crippen LogP contribution in [0.2, 0.25) is 0 Å². The molecule has 0 bridgehead atoms. The van der Waals surface area contributed by atoms with Crippen LogP contribution in [0.15, 0.2) is 12.1 Å². The largest absolute Gasteiger partial charge is 0.394 e. The van der Waals surface area contributed by atoms with Gasteiger partial charge in [-0.25, -0.2) is 4.98 Å². The summed E-state index contributed by atoms with van der Waals surface area (Å²) in [4.78, 5) is 4.32. The van der Waals surface area contributed by atoms with Gasteiger partial charge in [0.2, 0.25) is 0 Å². The summed E-state index contributed by atoms with van der Waals surface area (Å²) in [5.41, 5.74) is 1.20. The maximum atomic E-state index is 9.34. The second-order valence-corrected chi connectivity index (χ2v) is 4.41. The molecule has 1 aliphatic rings. The smallest absolute Gasteiger partial charge is 0.128 e. The number of nitrogens with zero attached hydrogens (tertiary/aromatic N) is 2. The van der Waals surface area contributed by atoms with Gasteiger partial charge < -0.3 is 10.4 Å². The van der Waals surface area contributed by atoms with Crippen molar-refractivity contribution in [1.82, 2.24) is 4.98 Å². The molecule has 0 radical (unpaired) electrons. The molecule has 1 aromatic rings. The predicted octanol–water partition coefficient (Wildman–Crippen LogP) is 1.59. The van der Waals surface area contributed by atoms with E-state index >= 15 is 0 Å². The molecule has 1 saturated carbocycles. The zero-order valence-electron chi connectivity index (χ0n) is 9.32. The Hall–Kier alpha value is -1.60. The first kappa shape index (κ1) is 10.9. The zero-order valence-corrected chi connectivity index (χ0v) is 9.32. The first-order valence-electron chi connectivity index (χ1n) is 5.45.